The highest BCUT2D eigenvalue weighted by Gasteiger charge is 2.15. The lowest BCUT2D eigenvalue weighted by molar-refractivity contribution is 0.408. The predicted octanol–water partition coefficient (Wildman–Crippen LogP) is 1.88. The minimum Gasteiger partial charge on any atom is -0.496 e. The molecular formula is C14H24N2O3S. The molecule has 0 saturated heterocycles. The summed E-state index contributed by atoms with van der Waals surface area (Å²) >= 11 is 0. The van der Waals surface area contributed by atoms with Crippen molar-refractivity contribution in [3.8, 4) is 5.75 Å². The van der Waals surface area contributed by atoms with Gasteiger partial charge in [0.05, 0.1) is 12.0 Å². The van der Waals surface area contributed by atoms with Gasteiger partial charge in [0.15, 0.2) is 0 Å². The molecule has 0 heterocycles. The van der Waals surface area contributed by atoms with Crippen LogP contribution in [0.5, 0.6) is 5.75 Å². The molecule has 1 rings (SSSR count). The summed E-state index contributed by atoms with van der Waals surface area (Å²) in [6.45, 7) is 3.12. The Labute approximate surface area is 121 Å². The molecule has 2 N–H and O–H groups in total. The second-order valence-corrected chi connectivity index (χ2v) is 6.38. The standard InChI is InChI=1S/C14H24N2O3S/c1-4-5-6-9-16-20(17,18)13-7-8-14(19-3)12(10-13)11-15-2/h7-8,10,15-16H,4-6,9,11H2,1-3H3. The van der Waals surface area contributed by atoms with Crippen LogP contribution < -0.4 is 14.8 Å². The van der Waals surface area contributed by atoms with Crippen molar-refractivity contribution in [3.05, 3.63) is 23.8 Å². The zero-order valence-corrected chi connectivity index (χ0v) is 13.2. The van der Waals surface area contributed by atoms with E-state index in [0.29, 0.717) is 18.8 Å². The van der Waals surface area contributed by atoms with Gasteiger partial charge < -0.3 is 10.1 Å². The maximum atomic E-state index is 12.2. The zero-order valence-electron chi connectivity index (χ0n) is 12.4. The molecule has 0 aliphatic heterocycles. The highest BCUT2D eigenvalue weighted by atomic mass is 32.2. The van der Waals surface area contributed by atoms with Crippen molar-refractivity contribution in [1.82, 2.24) is 10.0 Å². The van der Waals surface area contributed by atoms with Crippen LogP contribution in [0.15, 0.2) is 23.1 Å². The molecule has 0 radical (unpaired) electrons. The van der Waals surface area contributed by atoms with Crippen LogP contribution in [0.4, 0.5) is 0 Å². The molecule has 0 amide bonds. The van der Waals surface area contributed by atoms with Gasteiger partial charge in [-0.1, -0.05) is 19.8 Å². The van der Waals surface area contributed by atoms with E-state index in [0.717, 1.165) is 24.8 Å². The molecule has 114 valence electrons. The molecule has 0 spiro atoms. The van der Waals surface area contributed by atoms with Crippen LogP contribution in [-0.2, 0) is 16.6 Å². The van der Waals surface area contributed by atoms with Crippen LogP contribution in [0.25, 0.3) is 0 Å². The minimum atomic E-state index is -3.44. The largest absolute Gasteiger partial charge is 0.496 e. The van der Waals surface area contributed by atoms with Crippen molar-refractivity contribution in [2.75, 3.05) is 20.7 Å². The Balaban J connectivity index is 2.86. The fourth-order valence-corrected chi connectivity index (χ4v) is 3.04. The monoisotopic (exact) mass is 300 g/mol. The molecule has 0 bridgehead atoms. The van der Waals surface area contributed by atoms with E-state index in [4.69, 9.17) is 4.74 Å². The Hall–Kier alpha value is -1.11. The van der Waals surface area contributed by atoms with Gasteiger partial charge in [-0.05, 0) is 31.7 Å². The molecule has 0 aromatic heterocycles. The Bertz CT molecular complexity index is 515. The van der Waals surface area contributed by atoms with E-state index in [1.165, 1.54) is 0 Å². The molecule has 0 atom stereocenters. The summed E-state index contributed by atoms with van der Waals surface area (Å²) < 4.78 is 32.2. The quantitative estimate of drug-likeness (QED) is 0.683. The number of hydrogen-bond donors (Lipinski definition) is 2. The average Bonchev–Trinajstić information content (AvgIpc) is 2.44. The van der Waals surface area contributed by atoms with Crippen molar-refractivity contribution in [2.45, 2.75) is 37.6 Å². The Morgan fingerprint density at radius 3 is 2.60 bits per heavy atom. The lowest BCUT2D eigenvalue weighted by Crippen LogP contribution is -2.25. The zero-order chi connectivity index (χ0) is 15.0. The molecular weight excluding hydrogens is 276 g/mol. The van der Waals surface area contributed by atoms with Crippen LogP contribution in [0, 0.1) is 0 Å². The average molecular weight is 300 g/mol. The second kappa shape index (κ2) is 8.24. The lowest BCUT2D eigenvalue weighted by atomic mass is 10.2. The molecule has 6 heteroatoms. The van der Waals surface area contributed by atoms with Crippen LogP contribution in [0.3, 0.4) is 0 Å². The summed E-state index contributed by atoms with van der Waals surface area (Å²) in [4.78, 5) is 0.278. The van der Waals surface area contributed by atoms with Crippen LogP contribution in [-0.4, -0.2) is 29.1 Å². The molecule has 5 nitrogen and oxygen atoms in total. The van der Waals surface area contributed by atoms with Crippen LogP contribution in [0.1, 0.15) is 31.7 Å². The minimum absolute atomic E-state index is 0.278. The van der Waals surface area contributed by atoms with E-state index in [9.17, 15) is 8.42 Å². The third-order valence-electron chi connectivity index (χ3n) is 3.00. The van der Waals surface area contributed by atoms with Crippen molar-refractivity contribution in [1.29, 1.82) is 0 Å². The van der Waals surface area contributed by atoms with Gasteiger partial charge in [-0.3, -0.25) is 0 Å². The Morgan fingerprint density at radius 2 is 2.00 bits per heavy atom. The van der Waals surface area contributed by atoms with Crippen molar-refractivity contribution in [3.63, 3.8) is 0 Å². The summed E-state index contributed by atoms with van der Waals surface area (Å²) in [6, 6.07) is 4.91. The summed E-state index contributed by atoms with van der Waals surface area (Å²) in [5.74, 6) is 0.685. The molecule has 0 unspecified atom stereocenters. The van der Waals surface area contributed by atoms with Gasteiger partial charge in [-0.15, -0.1) is 0 Å². The number of ether oxygens (including phenoxy) is 1. The third kappa shape index (κ3) is 4.77. The fraction of sp³-hybridized carbons (Fsp3) is 0.571. The van der Waals surface area contributed by atoms with Crippen LogP contribution >= 0.6 is 0 Å². The molecule has 0 saturated carbocycles. The van der Waals surface area contributed by atoms with E-state index >= 15 is 0 Å². The molecule has 0 aliphatic rings. The van der Waals surface area contributed by atoms with E-state index in [2.05, 4.69) is 17.0 Å². The molecule has 20 heavy (non-hydrogen) atoms. The predicted molar refractivity (Wildman–Crippen MR) is 80.5 cm³/mol. The smallest absolute Gasteiger partial charge is 0.240 e. The van der Waals surface area contributed by atoms with Gasteiger partial charge in [0.25, 0.3) is 0 Å². The summed E-state index contributed by atoms with van der Waals surface area (Å²) in [6.07, 6.45) is 2.95. The number of methoxy groups -OCH3 is 1. The Kier molecular flexibility index (Phi) is 6.98. The number of hydrogen-bond acceptors (Lipinski definition) is 4. The number of sulfonamides is 1. The summed E-state index contributed by atoms with van der Waals surface area (Å²) in [5, 5.41) is 3.00. The first-order valence-electron chi connectivity index (χ1n) is 6.86. The first-order chi connectivity index (χ1) is 9.55. The van der Waals surface area contributed by atoms with Gasteiger partial charge in [0.2, 0.25) is 10.0 Å². The first kappa shape index (κ1) is 16.9. The number of benzene rings is 1. The van der Waals surface area contributed by atoms with Crippen molar-refractivity contribution in [2.24, 2.45) is 0 Å². The fourth-order valence-electron chi connectivity index (χ4n) is 1.92. The maximum absolute atomic E-state index is 12.2. The topological polar surface area (TPSA) is 67.4 Å². The van der Waals surface area contributed by atoms with Gasteiger partial charge >= 0.3 is 0 Å². The van der Waals surface area contributed by atoms with Gasteiger partial charge in [-0.2, -0.15) is 0 Å². The van der Waals surface area contributed by atoms with E-state index in [1.807, 2.05) is 7.05 Å². The molecule has 1 aromatic carbocycles. The lowest BCUT2D eigenvalue weighted by Gasteiger charge is -2.11. The molecule has 0 fully saturated rings. The maximum Gasteiger partial charge on any atom is 0.240 e. The third-order valence-corrected chi connectivity index (χ3v) is 4.46. The highest BCUT2D eigenvalue weighted by molar-refractivity contribution is 7.89. The molecule has 0 aliphatic carbocycles. The van der Waals surface area contributed by atoms with E-state index < -0.39 is 10.0 Å². The Morgan fingerprint density at radius 1 is 1.25 bits per heavy atom. The van der Waals surface area contributed by atoms with Gasteiger partial charge in [-0.25, -0.2) is 13.1 Å². The highest BCUT2D eigenvalue weighted by Crippen LogP contribution is 2.22. The summed E-state index contributed by atoms with van der Waals surface area (Å²) in [7, 11) is -0.0557. The second-order valence-electron chi connectivity index (χ2n) is 4.61. The van der Waals surface area contributed by atoms with E-state index in [-0.39, 0.29) is 4.90 Å². The van der Waals surface area contributed by atoms with Crippen molar-refractivity contribution < 1.29 is 13.2 Å². The first-order valence-corrected chi connectivity index (χ1v) is 8.34. The van der Waals surface area contributed by atoms with Gasteiger partial charge in [0.1, 0.15) is 5.75 Å². The van der Waals surface area contributed by atoms with Crippen molar-refractivity contribution >= 4 is 10.0 Å². The van der Waals surface area contributed by atoms with Crippen LogP contribution in [0.2, 0.25) is 0 Å². The number of rotatable bonds is 9. The van der Waals surface area contributed by atoms with Gasteiger partial charge in [0, 0.05) is 18.7 Å². The number of unbranched alkanes of at least 4 members (excludes halogenated alkanes) is 2. The SMILES string of the molecule is CCCCCNS(=O)(=O)c1ccc(OC)c(CNC)c1. The van der Waals surface area contributed by atoms with E-state index in [1.54, 1.807) is 25.3 Å². The summed E-state index contributed by atoms with van der Waals surface area (Å²) in [5.41, 5.74) is 0.825. The normalized spacial score (nSPS) is 11.6. The molecule has 1 aromatic rings. The number of nitrogens with one attached hydrogen (secondary N) is 2.